The largest absolute Gasteiger partial charge is 0.383 e. The molecule has 0 saturated carbocycles. The van der Waals surface area contributed by atoms with Crippen LogP contribution < -0.4 is 5.32 Å². The molecule has 0 unspecified atom stereocenters. The van der Waals surface area contributed by atoms with E-state index in [4.69, 9.17) is 4.74 Å². The molecule has 0 bridgehead atoms. The first-order valence-electron chi connectivity index (χ1n) is 3.93. The molecule has 0 aromatic carbocycles. The molecule has 0 atom stereocenters. The molecular formula is C8H12N2O3. The molecule has 0 fully saturated rings. The molecule has 0 aliphatic carbocycles. The number of rotatable bonds is 4. The van der Waals surface area contributed by atoms with Crippen LogP contribution in [0.15, 0.2) is 11.8 Å². The number of hydrogen-bond acceptors (Lipinski definition) is 4. The van der Waals surface area contributed by atoms with Crippen molar-refractivity contribution in [1.29, 1.82) is 0 Å². The van der Waals surface area contributed by atoms with Gasteiger partial charge in [-0.05, 0) is 0 Å². The Bertz CT molecular complexity index is 260. The van der Waals surface area contributed by atoms with E-state index in [1.54, 1.807) is 7.11 Å². The Balaban J connectivity index is 2.47. The van der Waals surface area contributed by atoms with Crippen molar-refractivity contribution in [2.75, 3.05) is 27.3 Å². The SMILES string of the molecule is COCCNC1=CC(=O)N(C)C1=O. The second-order valence-electron chi connectivity index (χ2n) is 2.68. The summed E-state index contributed by atoms with van der Waals surface area (Å²) in [4.78, 5) is 23.3. The van der Waals surface area contributed by atoms with E-state index in [0.29, 0.717) is 18.8 Å². The van der Waals surface area contributed by atoms with Crippen molar-refractivity contribution in [3.8, 4) is 0 Å². The monoisotopic (exact) mass is 184 g/mol. The molecular weight excluding hydrogens is 172 g/mol. The lowest BCUT2D eigenvalue weighted by molar-refractivity contribution is -0.135. The summed E-state index contributed by atoms with van der Waals surface area (Å²) < 4.78 is 4.79. The summed E-state index contributed by atoms with van der Waals surface area (Å²) in [6, 6.07) is 0. The number of carbonyl (C=O) groups is 2. The summed E-state index contributed by atoms with van der Waals surface area (Å²) in [7, 11) is 3.02. The second kappa shape index (κ2) is 4.04. The number of amides is 2. The maximum Gasteiger partial charge on any atom is 0.276 e. The zero-order valence-corrected chi connectivity index (χ0v) is 7.66. The highest BCUT2D eigenvalue weighted by molar-refractivity contribution is 6.15. The first-order chi connectivity index (χ1) is 6.16. The van der Waals surface area contributed by atoms with Gasteiger partial charge in [0, 0.05) is 26.8 Å². The fraction of sp³-hybridized carbons (Fsp3) is 0.500. The minimum Gasteiger partial charge on any atom is -0.383 e. The van der Waals surface area contributed by atoms with E-state index < -0.39 is 0 Å². The van der Waals surface area contributed by atoms with Crippen LogP contribution in [0.2, 0.25) is 0 Å². The summed E-state index contributed by atoms with van der Waals surface area (Å²) in [6.07, 6.45) is 1.29. The molecule has 1 N–H and O–H groups in total. The quantitative estimate of drug-likeness (QED) is 0.454. The van der Waals surface area contributed by atoms with Crippen LogP contribution in [0.1, 0.15) is 0 Å². The number of nitrogens with one attached hydrogen (secondary N) is 1. The Hall–Kier alpha value is -1.36. The van der Waals surface area contributed by atoms with Crippen molar-refractivity contribution in [2.45, 2.75) is 0 Å². The summed E-state index contributed by atoms with van der Waals surface area (Å²) in [5.74, 6) is -0.578. The number of imide groups is 1. The number of methoxy groups -OCH3 is 1. The van der Waals surface area contributed by atoms with Gasteiger partial charge in [0.15, 0.2) is 0 Å². The van der Waals surface area contributed by atoms with Gasteiger partial charge in [-0.15, -0.1) is 0 Å². The molecule has 0 spiro atoms. The first kappa shape index (κ1) is 9.73. The maximum absolute atomic E-state index is 11.2. The third-order valence-corrected chi connectivity index (χ3v) is 1.76. The predicted molar refractivity (Wildman–Crippen MR) is 45.7 cm³/mol. The molecule has 1 heterocycles. The van der Waals surface area contributed by atoms with Crippen molar-refractivity contribution >= 4 is 11.8 Å². The lowest BCUT2D eigenvalue weighted by atomic mass is 10.4. The van der Waals surface area contributed by atoms with Crippen LogP contribution in [0.25, 0.3) is 0 Å². The minimum absolute atomic E-state index is 0.287. The van der Waals surface area contributed by atoms with E-state index in [0.717, 1.165) is 4.90 Å². The number of ether oxygens (including phenoxy) is 1. The smallest absolute Gasteiger partial charge is 0.276 e. The van der Waals surface area contributed by atoms with Gasteiger partial charge in [-0.3, -0.25) is 14.5 Å². The average Bonchev–Trinajstić information content (AvgIpc) is 2.34. The van der Waals surface area contributed by atoms with E-state index >= 15 is 0 Å². The van der Waals surface area contributed by atoms with Crippen LogP contribution in [0.3, 0.4) is 0 Å². The molecule has 0 aromatic rings. The van der Waals surface area contributed by atoms with E-state index in [1.165, 1.54) is 13.1 Å². The van der Waals surface area contributed by atoms with Crippen LogP contribution in [0.4, 0.5) is 0 Å². The number of carbonyl (C=O) groups excluding carboxylic acids is 2. The molecule has 0 saturated heterocycles. The highest BCUT2D eigenvalue weighted by atomic mass is 16.5. The van der Waals surface area contributed by atoms with Crippen LogP contribution in [0, 0.1) is 0 Å². The van der Waals surface area contributed by atoms with Crippen LogP contribution in [-0.2, 0) is 14.3 Å². The maximum atomic E-state index is 11.2. The molecule has 72 valence electrons. The Kier molecular flexibility index (Phi) is 3.02. The van der Waals surface area contributed by atoms with Gasteiger partial charge >= 0.3 is 0 Å². The van der Waals surface area contributed by atoms with Gasteiger partial charge in [-0.25, -0.2) is 0 Å². The molecule has 0 radical (unpaired) electrons. The Morgan fingerprint density at radius 2 is 2.23 bits per heavy atom. The highest BCUT2D eigenvalue weighted by Gasteiger charge is 2.26. The highest BCUT2D eigenvalue weighted by Crippen LogP contribution is 2.06. The fourth-order valence-electron chi connectivity index (χ4n) is 0.977. The standard InChI is InChI=1S/C8H12N2O3/c1-10-7(11)5-6(8(10)12)9-3-4-13-2/h5,9H,3-4H2,1-2H3. The molecule has 5 heteroatoms. The van der Waals surface area contributed by atoms with Gasteiger partial charge in [-0.2, -0.15) is 0 Å². The molecule has 13 heavy (non-hydrogen) atoms. The fourth-order valence-corrected chi connectivity index (χ4v) is 0.977. The molecule has 1 aliphatic heterocycles. The van der Waals surface area contributed by atoms with Crippen molar-refractivity contribution in [1.82, 2.24) is 10.2 Å². The average molecular weight is 184 g/mol. The van der Waals surface area contributed by atoms with E-state index in [9.17, 15) is 9.59 Å². The van der Waals surface area contributed by atoms with Crippen LogP contribution in [-0.4, -0.2) is 44.0 Å². The predicted octanol–water partition coefficient (Wildman–Crippen LogP) is -0.895. The Labute approximate surface area is 76.3 Å². The van der Waals surface area contributed by atoms with Gasteiger partial charge in [-0.1, -0.05) is 0 Å². The summed E-state index contributed by atoms with van der Waals surface area (Å²) in [6.45, 7) is 1.03. The van der Waals surface area contributed by atoms with Gasteiger partial charge in [0.2, 0.25) is 0 Å². The van der Waals surface area contributed by atoms with Crippen molar-refractivity contribution in [2.24, 2.45) is 0 Å². The van der Waals surface area contributed by atoms with Crippen molar-refractivity contribution < 1.29 is 14.3 Å². The molecule has 0 aromatic heterocycles. The molecule has 2 amide bonds. The number of nitrogens with zero attached hydrogens (tertiary/aromatic N) is 1. The minimum atomic E-state index is -0.291. The second-order valence-corrected chi connectivity index (χ2v) is 2.68. The number of hydrogen-bond donors (Lipinski definition) is 1. The van der Waals surface area contributed by atoms with Gasteiger partial charge < -0.3 is 10.1 Å². The Morgan fingerprint density at radius 1 is 1.54 bits per heavy atom. The van der Waals surface area contributed by atoms with Gasteiger partial charge in [0.05, 0.1) is 6.61 Å². The third-order valence-electron chi connectivity index (χ3n) is 1.76. The van der Waals surface area contributed by atoms with Crippen molar-refractivity contribution in [3.05, 3.63) is 11.8 Å². The molecule has 5 nitrogen and oxygen atoms in total. The van der Waals surface area contributed by atoms with Gasteiger partial charge in [0.1, 0.15) is 5.70 Å². The van der Waals surface area contributed by atoms with Crippen LogP contribution in [0.5, 0.6) is 0 Å². The van der Waals surface area contributed by atoms with Crippen molar-refractivity contribution in [3.63, 3.8) is 0 Å². The normalized spacial score (nSPS) is 16.5. The van der Waals surface area contributed by atoms with E-state index in [1.807, 2.05) is 0 Å². The number of likely N-dealkylation sites (N-methyl/N-ethyl adjacent to an activating group) is 1. The lowest BCUT2D eigenvalue weighted by Gasteiger charge is -2.07. The topological polar surface area (TPSA) is 58.6 Å². The van der Waals surface area contributed by atoms with E-state index in [-0.39, 0.29) is 11.8 Å². The summed E-state index contributed by atoms with van der Waals surface area (Å²) >= 11 is 0. The Morgan fingerprint density at radius 3 is 2.69 bits per heavy atom. The van der Waals surface area contributed by atoms with Crippen LogP contribution >= 0.6 is 0 Å². The zero-order valence-electron chi connectivity index (χ0n) is 7.66. The van der Waals surface area contributed by atoms with Gasteiger partial charge in [0.25, 0.3) is 11.8 Å². The summed E-state index contributed by atoms with van der Waals surface area (Å²) in [5, 5.41) is 2.82. The lowest BCUT2D eigenvalue weighted by Crippen LogP contribution is -2.30. The summed E-state index contributed by atoms with van der Waals surface area (Å²) in [5.41, 5.74) is 0.338. The molecule has 1 rings (SSSR count). The van der Waals surface area contributed by atoms with E-state index in [2.05, 4.69) is 5.32 Å². The first-order valence-corrected chi connectivity index (χ1v) is 3.93. The third kappa shape index (κ3) is 2.06. The zero-order chi connectivity index (χ0) is 9.84. The molecule has 1 aliphatic rings.